The molecule has 94 valence electrons. The van der Waals surface area contributed by atoms with Crippen LogP contribution < -0.4 is 16.8 Å². The van der Waals surface area contributed by atoms with Crippen LogP contribution in [-0.2, 0) is 6.54 Å². The predicted octanol–water partition coefficient (Wildman–Crippen LogP) is 1.28. The molecule has 0 aliphatic rings. The van der Waals surface area contributed by atoms with Gasteiger partial charge in [0.25, 0.3) is 5.91 Å². The van der Waals surface area contributed by atoms with Crippen molar-refractivity contribution in [3.63, 3.8) is 0 Å². The van der Waals surface area contributed by atoms with Crippen LogP contribution in [0.2, 0.25) is 0 Å². The van der Waals surface area contributed by atoms with Crippen LogP contribution in [0.5, 0.6) is 0 Å². The maximum atomic E-state index is 11.3. The number of aryl methyl sites for hydroxylation is 1. The monoisotopic (exact) mass is 246 g/mol. The number of nitrogens with zero attached hydrogens (tertiary/aromatic N) is 1. The third kappa shape index (κ3) is 2.60. The van der Waals surface area contributed by atoms with E-state index in [0.29, 0.717) is 29.4 Å². The lowest BCUT2D eigenvalue weighted by molar-refractivity contribution is 0.100. The van der Waals surface area contributed by atoms with E-state index in [9.17, 15) is 4.79 Å². The second kappa shape index (κ2) is 4.79. The minimum absolute atomic E-state index is 0.359. The first-order chi connectivity index (χ1) is 8.56. The van der Waals surface area contributed by atoms with Crippen molar-refractivity contribution in [2.75, 3.05) is 11.1 Å². The zero-order chi connectivity index (χ0) is 13.1. The summed E-state index contributed by atoms with van der Waals surface area (Å²) in [6, 6.07) is 4.86. The van der Waals surface area contributed by atoms with Crippen LogP contribution in [0, 0.1) is 6.92 Å². The summed E-state index contributed by atoms with van der Waals surface area (Å²) in [7, 11) is 0. The Kier molecular flexibility index (Phi) is 3.18. The molecule has 0 aliphatic heterocycles. The summed E-state index contributed by atoms with van der Waals surface area (Å²) in [4.78, 5) is 15.3. The Morgan fingerprint density at radius 3 is 2.89 bits per heavy atom. The molecule has 0 radical (unpaired) electrons. The summed E-state index contributed by atoms with van der Waals surface area (Å²) < 4.78 is 5.31. The molecular weight excluding hydrogens is 232 g/mol. The van der Waals surface area contributed by atoms with Gasteiger partial charge in [0.15, 0.2) is 0 Å². The molecule has 6 heteroatoms. The van der Waals surface area contributed by atoms with Crippen molar-refractivity contribution in [3.8, 4) is 0 Å². The maximum Gasteiger partial charge on any atom is 0.250 e. The van der Waals surface area contributed by atoms with Crippen LogP contribution in [0.3, 0.4) is 0 Å². The molecule has 0 saturated carbocycles. The summed E-state index contributed by atoms with van der Waals surface area (Å²) in [5, 5.41) is 3.03. The molecule has 2 aromatic rings. The maximum absolute atomic E-state index is 11.3. The molecule has 0 atom stereocenters. The highest BCUT2D eigenvalue weighted by Crippen LogP contribution is 2.19. The number of nitrogens with one attached hydrogen (secondary N) is 1. The quantitative estimate of drug-likeness (QED) is 0.704. The van der Waals surface area contributed by atoms with Gasteiger partial charge in [0.1, 0.15) is 5.76 Å². The second-order valence-corrected chi connectivity index (χ2v) is 3.89. The van der Waals surface area contributed by atoms with Gasteiger partial charge in [-0.25, -0.2) is 4.98 Å². The summed E-state index contributed by atoms with van der Waals surface area (Å²) in [6.07, 6.45) is 1.63. The smallest absolute Gasteiger partial charge is 0.250 e. The first kappa shape index (κ1) is 12.0. The van der Waals surface area contributed by atoms with E-state index >= 15 is 0 Å². The number of amides is 1. The lowest BCUT2D eigenvalue weighted by Gasteiger charge is -2.09. The Hall–Kier alpha value is -2.50. The van der Waals surface area contributed by atoms with Gasteiger partial charge in [0, 0.05) is 11.4 Å². The van der Waals surface area contributed by atoms with E-state index in [1.165, 1.54) is 0 Å². The van der Waals surface area contributed by atoms with Crippen molar-refractivity contribution >= 4 is 17.3 Å². The predicted molar refractivity (Wildman–Crippen MR) is 67.9 cm³/mol. The van der Waals surface area contributed by atoms with Gasteiger partial charge in [-0.1, -0.05) is 0 Å². The number of anilines is 2. The van der Waals surface area contributed by atoms with Crippen molar-refractivity contribution in [3.05, 3.63) is 41.6 Å². The SMILES string of the molecule is Cc1cnc(CNc2cc(N)ccc2C(N)=O)o1. The number of benzene rings is 1. The number of carbonyl (C=O) groups is 1. The van der Waals surface area contributed by atoms with Crippen LogP contribution in [0.1, 0.15) is 22.0 Å². The number of hydrogen-bond donors (Lipinski definition) is 3. The average molecular weight is 246 g/mol. The molecule has 0 unspecified atom stereocenters. The lowest BCUT2D eigenvalue weighted by Crippen LogP contribution is -2.14. The van der Waals surface area contributed by atoms with Crippen molar-refractivity contribution in [2.45, 2.75) is 13.5 Å². The topological polar surface area (TPSA) is 107 Å². The summed E-state index contributed by atoms with van der Waals surface area (Å²) >= 11 is 0. The molecule has 0 bridgehead atoms. The van der Waals surface area contributed by atoms with Gasteiger partial charge in [-0.05, 0) is 25.1 Å². The fraction of sp³-hybridized carbons (Fsp3) is 0.167. The van der Waals surface area contributed by atoms with E-state index in [0.717, 1.165) is 5.76 Å². The number of nitrogen functional groups attached to an aromatic ring is 1. The van der Waals surface area contributed by atoms with Gasteiger partial charge in [-0.2, -0.15) is 0 Å². The van der Waals surface area contributed by atoms with Crippen LogP contribution in [0.4, 0.5) is 11.4 Å². The largest absolute Gasteiger partial charge is 0.444 e. The molecule has 0 spiro atoms. The highest BCUT2D eigenvalue weighted by molar-refractivity contribution is 5.99. The van der Waals surface area contributed by atoms with Gasteiger partial charge >= 0.3 is 0 Å². The molecule has 1 aromatic carbocycles. The minimum atomic E-state index is -0.513. The van der Waals surface area contributed by atoms with E-state index in [1.807, 2.05) is 6.92 Å². The van der Waals surface area contributed by atoms with E-state index in [1.54, 1.807) is 24.4 Å². The second-order valence-electron chi connectivity index (χ2n) is 3.89. The van der Waals surface area contributed by atoms with Crippen molar-refractivity contribution in [1.82, 2.24) is 4.98 Å². The van der Waals surface area contributed by atoms with Gasteiger partial charge in [-0.3, -0.25) is 4.79 Å². The molecule has 6 nitrogen and oxygen atoms in total. The molecule has 2 rings (SSSR count). The number of oxazole rings is 1. The van der Waals surface area contributed by atoms with Crippen LogP contribution in [0.15, 0.2) is 28.8 Å². The number of hydrogen-bond acceptors (Lipinski definition) is 5. The number of carbonyl (C=O) groups excluding carboxylic acids is 1. The summed E-state index contributed by atoms with van der Waals surface area (Å²) in [5.74, 6) is 0.751. The normalized spacial score (nSPS) is 10.3. The van der Waals surface area contributed by atoms with E-state index in [-0.39, 0.29) is 0 Å². The number of nitrogens with two attached hydrogens (primary N) is 2. The Morgan fingerprint density at radius 1 is 1.50 bits per heavy atom. The van der Waals surface area contributed by atoms with Gasteiger partial charge < -0.3 is 21.2 Å². The van der Waals surface area contributed by atoms with Crippen molar-refractivity contribution in [1.29, 1.82) is 0 Å². The average Bonchev–Trinajstić information content (AvgIpc) is 2.72. The van der Waals surface area contributed by atoms with Gasteiger partial charge in [0.05, 0.1) is 18.3 Å². The fourth-order valence-corrected chi connectivity index (χ4v) is 1.58. The van der Waals surface area contributed by atoms with Gasteiger partial charge in [0.2, 0.25) is 5.89 Å². The molecule has 18 heavy (non-hydrogen) atoms. The number of aromatic nitrogens is 1. The summed E-state index contributed by atoms with van der Waals surface area (Å²) in [6.45, 7) is 2.17. The third-order valence-electron chi connectivity index (χ3n) is 2.41. The third-order valence-corrected chi connectivity index (χ3v) is 2.41. The molecule has 1 heterocycles. The number of rotatable bonds is 4. The van der Waals surface area contributed by atoms with Gasteiger partial charge in [-0.15, -0.1) is 0 Å². The lowest BCUT2D eigenvalue weighted by atomic mass is 10.1. The van der Waals surface area contributed by atoms with E-state index in [2.05, 4.69) is 10.3 Å². The highest BCUT2D eigenvalue weighted by atomic mass is 16.4. The van der Waals surface area contributed by atoms with Crippen molar-refractivity contribution in [2.24, 2.45) is 5.73 Å². The number of primary amides is 1. The molecule has 5 N–H and O–H groups in total. The molecular formula is C12H14N4O2. The molecule has 0 aliphatic carbocycles. The molecule has 0 saturated heterocycles. The molecule has 0 fully saturated rings. The first-order valence-corrected chi connectivity index (χ1v) is 5.41. The summed E-state index contributed by atoms with van der Waals surface area (Å²) in [5.41, 5.74) is 12.4. The molecule has 1 amide bonds. The Morgan fingerprint density at radius 2 is 2.28 bits per heavy atom. The Labute approximate surface area is 104 Å². The Balaban J connectivity index is 2.17. The van der Waals surface area contributed by atoms with Crippen molar-refractivity contribution < 1.29 is 9.21 Å². The van der Waals surface area contributed by atoms with E-state index < -0.39 is 5.91 Å². The van der Waals surface area contributed by atoms with Crippen LogP contribution in [0.25, 0.3) is 0 Å². The van der Waals surface area contributed by atoms with E-state index in [4.69, 9.17) is 15.9 Å². The fourth-order valence-electron chi connectivity index (χ4n) is 1.58. The zero-order valence-corrected chi connectivity index (χ0v) is 9.93. The Bertz CT molecular complexity index is 577. The standard InChI is InChI=1S/C12H14N4O2/c1-7-5-16-11(18-7)6-15-10-4-8(13)2-3-9(10)12(14)17/h2-5,15H,6,13H2,1H3,(H2,14,17). The highest BCUT2D eigenvalue weighted by Gasteiger charge is 2.09. The minimum Gasteiger partial charge on any atom is -0.444 e. The van der Waals surface area contributed by atoms with Crippen LogP contribution >= 0.6 is 0 Å². The van der Waals surface area contributed by atoms with Crippen LogP contribution in [-0.4, -0.2) is 10.9 Å². The first-order valence-electron chi connectivity index (χ1n) is 5.41. The molecule has 1 aromatic heterocycles. The zero-order valence-electron chi connectivity index (χ0n) is 9.93.